The number of thioether (sulfide) groups is 2. The lowest BCUT2D eigenvalue weighted by atomic mass is 10.3. The molecule has 0 unspecified atom stereocenters. The van der Waals surface area contributed by atoms with E-state index in [0.29, 0.717) is 0 Å². The lowest BCUT2D eigenvalue weighted by Gasteiger charge is -1.87. The summed E-state index contributed by atoms with van der Waals surface area (Å²) in [7, 11) is 0. The number of para-hydroxylation sites is 1. The van der Waals surface area contributed by atoms with Gasteiger partial charge in [0.25, 0.3) is 0 Å². The van der Waals surface area contributed by atoms with Crippen LogP contribution >= 0.6 is 34.9 Å². The average Bonchev–Trinajstić information content (AvgIpc) is 2.71. The third kappa shape index (κ3) is 5.27. The number of hydrogen-bond acceptors (Lipinski definition) is 6. The highest BCUT2D eigenvalue weighted by Crippen LogP contribution is 2.30. The molecule has 18 heavy (non-hydrogen) atoms. The second-order valence-corrected chi connectivity index (χ2v) is 6.23. The van der Waals surface area contributed by atoms with Crippen LogP contribution in [0, 0.1) is 10.7 Å². The molecule has 8 heteroatoms. The van der Waals surface area contributed by atoms with Crippen LogP contribution in [-0.4, -0.2) is 16.1 Å². The molecule has 0 saturated heterocycles. The molecule has 2 aromatic rings. The summed E-state index contributed by atoms with van der Waals surface area (Å²) in [5, 5.41) is 11.2. The van der Waals surface area contributed by atoms with E-state index in [1.54, 1.807) is 23.1 Å². The average molecular weight is 298 g/mol. The molecule has 0 fully saturated rings. The van der Waals surface area contributed by atoms with Crippen molar-refractivity contribution in [2.24, 2.45) is 11.5 Å². The number of fused-ring (bicyclic) bond motifs is 1. The number of benzene rings is 1. The van der Waals surface area contributed by atoms with Gasteiger partial charge in [0.15, 0.2) is 4.34 Å². The van der Waals surface area contributed by atoms with Crippen molar-refractivity contribution in [2.75, 3.05) is 5.08 Å². The van der Waals surface area contributed by atoms with Crippen molar-refractivity contribution < 1.29 is 4.79 Å². The Hall–Kier alpha value is -1.43. The molecule has 0 aliphatic carbocycles. The first-order valence-corrected chi connectivity index (χ1v) is 7.46. The number of thiazole rings is 1. The first-order chi connectivity index (χ1) is 8.63. The predicted molar refractivity (Wildman–Crippen MR) is 77.3 cm³/mol. The molecule has 0 bridgehead atoms. The van der Waals surface area contributed by atoms with Crippen molar-refractivity contribution in [3.8, 4) is 5.40 Å². The standard InChI is InChI=1S/C9H6N2S3.CH4N2O/c10-5-12-6-13-9-11-7-3-1-2-4-8(7)14-9;2-1(3)4/h1-4H,6H2;(H4,2,3,4). The Bertz CT molecular complexity index is 526. The van der Waals surface area contributed by atoms with Crippen molar-refractivity contribution in [1.82, 2.24) is 4.98 Å². The van der Waals surface area contributed by atoms with Crippen molar-refractivity contribution in [3.05, 3.63) is 24.3 Å². The Morgan fingerprint density at radius 3 is 2.72 bits per heavy atom. The molecule has 94 valence electrons. The Kier molecular flexibility index (Phi) is 6.35. The van der Waals surface area contributed by atoms with Crippen LogP contribution in [0.3, 0.4) is 0 Å². The van der Waals surface area contributed by atoms with Gasteiger partial charge < -0.3 is 11.5 Å². The molecule has 2 amide bonds. The van der Waals surface area contributed by atoms with Gasteiger partial charge in [-0.25, -0.2) is 9.78 Å². The molecule has 1 aromatic carbocycles. The number of aromatic nitrogens is 1. The van der Waals surface area contributed by atoms with Gasteiger partial charge in [0.1, 0.15) is 5.40 Å². The highest BCUT2D eigenvalue weighted by Gasteiger charge is 2.02. The van der Waals surface area contributed by atoms with Gasteiger partial charge in [0.2, 0.25) is 0 Å². The maximum atomic E-state index is 9.00. The summed E-state index contributed by atoms with van der Waals surface area (Å²) in [5.74, 6) is 0. The molecule has 0 aliphatic rings. The van der Waals surface area contributed by atoms with Crippen molar-refractivity contribution in [1.29, 1.82) is 5.26 Å². The minimum absolute atomic E-state index is 0.746. The van der Waals surface area contributed by atoms with E-state index < -0.39 is 6.03 Å². The molecule has 0 saturated carbocycles. The van der Waals surface area contributed by atoms with Crippen molar-refractivity contribution >= 4 is 51.1 Å². The van der Waals surface area contributed by atoms with Crippen LogP contribution in [0.1, 0.15) is 0 Å². The minimum atomic E-state index is -0.833. The number of rotatable bonds is 3. The number of amides is 2. The van der Waals surface area contributed by atoms with Crippen molar-refractivity contribution in [3.63, 3.8) is 0 Å². The molecule has 0 radical (unpaired) electrons. The fourth-order valence-electron chi connectivity index (χ4n) is 1.02. The van der Waals surface area contributed by atoms with E-state index in [0.717, 1.165) is 14.9 Å². The number of hydrogen-bond donors (Lipinski definition) is 2. The number of carbonyl (C=O) groups excluding carboxylic acids is 1. The van der Waals surface area contributed by atoms with E-state index in [-0.39, 0.29) is 0 Å². The van der Waals surface area contributed by atoms with E-state index in [2.05, 4.69) is 22.5 Å². The smallest absolute Gasteiger partial charge is 0.309 e. The maximum Gasteiger partial charge on any atom is 0.309 e. The van der Waals surface area contributed by atoms with Gasteiger partial charge in [-0.2, -0.15) is 5.26 Å². The lowest BCUT2D eigenvalue weighted by molar-refractivity contribution is 0.256. The Labute approximate surface area is 117 Å². The van der Waals surface area contributed by atoms with Gasteiger partial charge in [-0.3, -0.25) is 0 Å². The summed E-state index contributed by atoms with van der Waals surface area (Å²) < 4.78 is 2.24. The van der Waals surface area contributed by atoms with Crippen LogP contribution in [0.5, 0.6) is 0 Å². The third-order valence-electron chi connectivity index (χ3n) is 1.58. The number of carbonyl (C=O) groups is 1. The van der Waals surface area contributed by atoms with E-state index >= 15 is 0 Å². The van der Waals surface area contributed by atoms with E-state index in [4.69, 9.17) is 10.1 Å². The normalized spacial score (nSPS) is 9.28. The molecule has 0 spiro atoms. The van der Waals surface area contributed by atoms with Crippen LogP contribution < -0.4 is 11.5 Å². The molecule has 0 aliphatic heterocycles. The van der Waals surface area contributed by atoms with Gasteiger partial charge in [0, 0.05) is 0 Å². The van der Waals surface area contributed by atoms with Crippen LogP contribution in [0.15, 0.2) is 28.6 Å². The molecule has 2 rings (SSSR count). The van der Waals surface area contributed by atoms with Gasteiger partial charge in [-0.15, -0.1) is 11.3 Å². The number of nitrogens with two attached hydrogens (primary N) is 2. The topological polar surface area (TPSA) is 106 Å². The molecule has 5 nitrogen and oxygen atoms in total. The van der Waals surface area contributed by atoms with E-state index in [9.17, 15) is 0 Å². The third-order valence-corrected chi connectivity index (χ3v) is 4.42. The fourth-order valence-corrected chi connectivity index (χ4v) is 3.67. The molecule has 1 aromatic heterocycles. The summed E-state index contributed by atoms with van der Waals surface area (Å²) in [4.78, 5) is 13.4. The highest BCUT2D eigenvalue weighted by molar-refractivity contribution is 8.18. The number of thiocyanates is 1. The summed E-state index contributed by atoms with van der Waals surface area (Å²) in [6, 6.07) is 7.24. The summed E-state index contributed by atoms with van der Waals surface area (Å²) in [5.41, 5.74) is 9.54. The number of nitrogens with zero attached hydrogens (tertiary/aromatic N) is 2. The second kappa shape index (κ2) is 7.81. The summed E-state index contributed by atoms with van der Waals surface area (Å²) >= 11 is 4.54. The monoisotopic (exact) mass is 298 g/mol. The molecule has 4 N–H and O–H groups in total. The van der Waals surface area contributed by atoms with Crippen LogP contribution in [0.25, 0.3) is 10.2 Å². The van der Waals surface area contributed by atoms with Crippen LogP contribution in [0.4, 0.5) is 4.79 Å². The lowest BCUT2D eigenvalue weighted by Crippen LogP contribution is -2.18. The molecule has 0 atom stereocenters. The fraction of sp³-hybridized carbons (Fsp3) is 0.100. The Morgan fingerprint density at radius 2 is 2.11 bits per heavy atom. The highest BCUT2D eigenvalue weighted by atomic mass is 32.2. The largest absolute Gasteiger partial charge is 0.352 e. The van der Waals surface area contributed by atoms with E-state index in [1.165, 1.54) is 16.5 Å². The number of primary amides is 2. The minimum Gasteiger partial charge on any atom is -0.352 e. The van der Waals surface area contributed by atoms with Crippen molar-refractivity contribution in [2.45, 2.75) is 4.34 Å². The second-order valence-electron chi connectivity index (χ2n) is 2.85. The van der Waals surface area contributed by atoms with Gasteiger partial charge >= 0.3 is 6.03 Å². The van der Waals surface area contributed by atoms with Gasteiger partial charge in [0.05, 0.1) is 15.3 Å². The Morgan fingerprint density at radius 1 is 1.44 bits per heavy atom. The van der Waals surface area contributed by atoms with Gasteiger partial charge in [-0.05, 0) is 23.9 Å². The summed E-state index contributed by atoms with van der Waals surface area (Å²) in [6.07, 6.45) is 0. The SMILES string of the molecule is N#CSCSc1nc2ccccc2s1.NC(N)=O. The number of urea groups is 1. The first kappa shape index (κ1) is 14.6. The predicted octanol–water partition coefficient (Wildman–Crippen LogP) is 2.58. The molecule has 1 heterocycles. The van der Waals surface area contributed by atoms with Crippen LogP contribution in [0.2, 0.25) is 0 Å². The molecular weight excluding hydrogens is 288 g/mol. The van der Waals surface area contributed by atoms with E-state index in [1.807, 2.05) is 23.6 Å². The summed E-state index contributed by atoms with van der Waals surface area (Å²) in [6.45, 7) is 0. The zero-order valence-electron chi connectivity index (χ0n) is 9.20. The van der Waals surface area contributed by atoms with Gasteiger partial charge in [-0.1, -0.05) is 23.9 Å². The first-order valence-electron chi connectivity index (χ1n) is 4.67. The van der Waals surface area contributed by atoms with Crippen LogP contribution in [-0.2, 0) is 0 Å². The Balaban J connectivity index is 0.000000357. The number of nitriles is 1. The zero-order chi connectivity index (χ0) is 13.4. The molecular formula is C10H10N4OS3. The quantitative estimate of drug-likeness (QED) is 0.392. The maximum absolute atomic E-state index is 9.00. The zero-order valence-corrected chi connectivity index (χ0v) is 11.6.